The van der Waals surface area contributed by atoms with Gasteiger partial charge in [0.2, 0.25) is 5.88 Å². The molecule has 0 bridgehead atoms. The number of ether oxygens (including phenoxy) is 1. The Morgan fingerprint density at radius 2 is 2.46 bits per heavy atom. The van der Waals surface area contributed by atoms with E-state index in [1.165, 1.54) is 6.26 Å². The summed E-state index contributed by atoms with van der Waals surface area (Å²) in [5.41, 5.74) is 1.06. The third-order valence-electron chi connectivity index (χ3n) is 1.52. The summed E-state index contributed by atoms with van der Waals surface area (Å²) in [7, 11) is 0. The van der Waals surface area contributed by atoms with Crippen LogP contribution >= 0.6 is 15.9 Å². The van der Waals surface area contributed by atoms with Gasteiger partial charge in [-0.05, 0) is 22.0 Å². The van der Waals surface area contributed by atoms with Crippen molar-refractivity contribution < 1.29 is 9.53 Å². The van der Waals surface area contributed by atoms with Crippen LogP contribution in [0.2, 0.25) is 0 Å². The number of carbonyl (C=O) groups excluding carboxylic acids is 1. The van der Waals surface area contributed by atoms with Gasteiger partial charge in [-0.25, -0.2) is 4.98 Å². The zero-order chi connectivity index (χ0) is 9.26. The Hall–Kier alpha value is -1.36. The highest BCUT2D eigenvalue weighted by molar-refractivity contribution is 9.10. The fraction of sp³-hybridized carbons (Fsp3) is 0. The van der Waals surface area contributed by atoms with Crippen LogP contribution in [0.1, 0.15) is 0 Å². The van der Waals surface area contributed by atoms with Crippen molar-refractivity contribution in [1.82, 2.24) is 4.98 Å². The molecule has 0 aliphatic carbocycles. The Bertz CT molecular complexity index is 390. The van der Waals surface area contributed by atoms with Gasteiger partial charge in [-0.3, -0.25) is 4.79 Å². The summed E-state index contributed by atoms with van der Waals surface area (Å²) in [5, 5.41) is 2.86. The van der Waals surface area contributed by atoms with Gasteiger partial charge in [-0.15, -0.1) is 0 Å². The molecule has 1 N–H and O–H groups in total. The van der Waals surface area contributed by atoms with Crippen molar-refractivity contribution in [3.8, 4) is 5.88 Å². The number of pyridine rings is 1. The maximum atomic E-state index is 10.4. The van der Waals surface area contributed by atoms with E-state index in [1.807, 2.05) is 0 Å². The molecule has 0 spiro atoms. The summed E-state index contributed by atoms with van der Waals surface area (Å²) in [6, 6.07) is 1.79. The molecule has 0 unspecified atom stereocenters. The van der Waals surface area contributed by atoms with Gasteiger partial charge < -0.3 is 10.1 Å². The lowest BCUT2D eigenvalue weighted by Crippen LogP contribution is -2.09. The van der Waals surface area contributed by atoms with Crippen LogP contribution in [0.4, 0.5) is 5.69 Å². The fourth-order valence-electron chi connectivity index (χ4n) is 0.972. The number of nitrogens with zero attached hydrogens (tertiary/aromatic N) is 1. The Morgan fingerprint density at radius 1 is 1.62 bits per heavy atom. The SMILES string of the molecule is O=CC1=COc2ncc(Br)cc2N1. The number of allylic oxidation sites excluding steroid dienone is 1. The molecular formula is C8H5BrN2O2. The highest BCUT2D eigenvalue weighted by Gasteiger charge is 2.12. The number of carbonyl (C=O) groups is 1. The Labute approximate surface area is 82.7 Å². The first kappa shape index (κ1) is 8.25. The first-order valence-electron chi connectivity index (χ1n) is 3.54. The van der Waals surface area contributed by atoms with Gasteiger partial charge in [0.15, 0.2) is 6.29 Å². The van der Waals surface area contributed by atoms with Crippen LogP contribution in [0.25, 0.3) is 0 Å². The molecule has 66 valence electrons. The first-order valence-corrected chi connectivity index (χ1v) is 4.33. The third-order valence-corrected chi connectivity index (χ3v) is 1.95. The average Bonchev–Trinajstić information content (AvgIpc) is 2.16. The van der Waals surface area contributed by atoms with Gasteiger partial charge in [-0.1, -0.05) is 0 Å². The van der Waals surface area contributed by atoms with E-state index < -0.39 is 0 Å². The summed E-state index contributed by atoms with van der Waals surface area (Å²) < 4.78 is 5.92. The van der Waals surface area contributed by atoms with Crippen molar-refractivity contribution in [2.24, 2.45) is 0 Å². The lowest BCUT2D eigenvalue weighted by atomic mass is 10.3. The number of halogens is 1. The predicted octanol–water partition coefficient (Wildman–Crippen LogP) is 1.69. The molecule has 0 atom stereocenters. The van der Waals surface area contributed by atoms with Crippen molar-refractivity contribution in [3.05, 3.63) is 28.7 Å². The normalized spacial score (nSPS) is 13.5. The van der Waals surface area contributed by atoms with Crippen molar-refractivity contribution >= 4 is 27.9 Å². The minimum atomic E-state index is 0.382. The highest BCUT2D eigenvalue weighted by Crippen LogP contribution is 2.28. The van der Waals surface area contributed by atoms with Crippen molar-refractivity contribution in [3.63, 3.8) is 0 Å². The second kappa shape index (κ2) is 3.18. The van der Waals surface area contributed by atoms with Crippen molar-refractivity contribution in [2.75, 3.05) is 5.32 Å². The lowest BCUT2D eigenvalue weighted by Gasteiger charge is -2.14. The highest BCUT2D eigenvalue weighted by atomic mass is 79.9. The van der Waals surface area contributed by atoms with Crippen LogP contribution in [0.15, 0.2) is 28.7 Å². The molecule has 5 heteroatoms. The summed E-state index contributed by atoms with van der Waals surface area (Å²) in [4.78, 5) is 14.4. The zero-order valence-electron chi connectivity index (χ0n) is 6.45. The monoisotopic (exact) mass is 240 g/mol. The minimum Gasteiger partial charge on any atom is -0.443 e. The molecule has 0 saturated heterocycles. The number of anilines is 1. The molecule has 0 fully saturated rings. The van der Waals surface area contributed by atoms with E-state index >= 15 is 0 Å². The number of nitrogens with one attached hydrogen (secondary N) is 1. The summed E-state index contributed by atoms with van der Waals surface area (Å²) in [5.74, 6) is 0.466. The van der Waals surface area contributed by atoms with E-state index in [0.29, 0.717) is 23.6 Å². The molecule has 1 aliphatic rings. The molecule has 1 aliphatic heterocycles. The second-order valence-electron chi connectivity index (χ2n) is 2.44. The number of fused-ring (bicyclic) bond motifs is 1. The Balaban J connectivity index is 2.39. The lowest BCUT2D eigenvalue weighted by molar-refractivity contribution is -0.104. The molecule has 0 amide bonds. The van der Waals surface area contributed by atoms with E-state index in [-0.39, 0.29) is 0 Å². The standard InChI is InChI=1S/C8H5BrN2O2/c9-5-1-7-8(10-2-5)13-4-6(3-12)11-7/h1-4,11H. The van der Waals surface area contributed by atoms with Crippen LogP contribution in [0.3, 0.4) is 0 Å². The zero-order valence-corrected chi connectivity index (χ0v) is 8.04. The number of hydrogen-bond donors (Lipinski definition) is 1. The van der Waals surface area contributed by atoms with Gasteiger partial charge in [-0.2, -0.15) is 0 Å². The average molecular weight is 241 g/mol. The van der Waals surface area contributed by atoms with Crippen LogP contribution in [0, 0.1) is 0 Å². The number of hydrogen-bond acceptors (Lipinski definition) is 4. The quantitative estimate of drug-likeness (QED) is 0.760. The summed E-state index contributed by atoms with van der Waals surface area (Å²) >= 11 is 3.27. The Morgan fingerprint density at radius 3 is 3.23 bits per heavy atom. The predicted molar refractivity (Wildman–Crippen MR) is 50.3 cm³/mol. The molecule has 2 rings (SSSR count). The van der Waals surface area contributed by atoms with E-state index in [1.54, 1.807) is 12.3 Å². The van der Waals surface area contributed by atoms with Gasteiger partial charge in [0, 0.05) is 10.7 Å². The molecule has 0 saturated carbocycles. The van der Waals surface area contributed by atoms with Gasteiger partial charge in [0.25, 0.3) is 0 Å². The number of aldehydes is 1. The minimum absolute atomic E-state index is 0.382. The van der Waals surface area contributed by atoms with E-state index in [9.17, 15) is 4.79 Å². The third kappa shape index (κ3) is 1.55. The topological polar surface area (TPSA) is 51.2 Å². The summed E-state index contributed by atoms with van der Waals surface area (Å²) in [6.45, 7) is 0. The molecular weight excluding hydrogens is 236 g/mol. The van der Waals surface area contributed by atoms with Gasteiger partial charge >= 0.3 is 0 Å². The number of rotatable bonds is 1. The maximum Gasteiger partial charge on any atom is 0.242 e. The van der Waals surface area contributed by atoms with Crippen LogP contribution in [-0.2, 0) is 4.79 Å². The van der Waals surface area contributed by atoms with Crippen molar-refractivity contribution in [2.45, 2.75) is 0 Å². The first-order chi connectivity index (χ1) is 6.29. The van der Waals surface area contributed by atoms with E-state index in [2.05, 4.69) is 26.2 Å². The van der Waals surface area contributed by atoms with Crippen LogP contribution in [0.5, 0.6) is 5.88 Å². The molecule has 1 aromatic heterocycles. The summed E-state index contributed by atoms with van der Waals surface area (Å²) in [6.07, 6.45) is 3.64. The number of aromatic nitrogens is 1. The molecule has 2 heterocycles. The molecule has 13 heavy (non-hydrogen) atoms. The molecule has 4 nitrogen and oxygen atoms in total. The molecule has 1 aromatic rings. The molecule has 0 aromatic carbocycles. The van der Waals surface area contributed by atoms with Crippen LogP contribution < -0.4 is 10.1 Å². The largest absolute Gasteiger partial charge is 0.443 e. The molecule has 0 radical (unpaired) electrons. The Kier molecular flexibility index (Phi) is 2.02. The fourth-order valence-corrected chi connectivity index (χ4v) is 1.30. The maximum absolute atomic E-state index is 10.4. The van der Waals surface area contributed by atoms with Crippen LogP contribution in [-0.4, -0.2) is 11.3 Å². The van der Waals surface area contributed by atoms with Crippen molar-refractivity contribution in [1.29, 1.82) is 0 Å². The van der Waals surface area contributed by atoms with Gasteiger partial charge in [0.1, 0.15) is 17.6 Å². The van der Waals surface area contributed by atoms with E-state index in [4.69, 9.17) is 4.74 Å². The smallest absolute Gasteiger partial charge is 0.242 e. The second-order valence-corrected chi connectivity index (χ2v) is 3.36. The van der Waals surface area contributed by atoms with Gasteiger partial charge in [0.05, 0.1) is 0 Å². The van der Waals surface area contributed by atoms with E-state index in [0.717, 1.165) is 4.47 Å².